The Labute approximate surface area is 113 Å². The van der Waals surface area contributed by atoms with Gasteiger partial charge in [-0.15, -0.1) is 5.10 Å². The Morgan fingerprint density at radius 3 is 3.00 bits per heavy atom. The summed E-state index contributed by atoms with van der Waals surface area (Å²) in [6.07, 6.45) is 1.54. The number of ether oxygens (including phenoxy) is 1. The van der Waals surface area contributed by atoms with Gasteiger partial charge in [-0.25, -0.2) is 0 Å². The number of carbonyl (C=O) groups is 1. The van der Waals surface area contributed by atoms with Gasteiger partial charge in [0.25, 0.3) is 5.91 Å². The van der Waals surface area contributed by atoms with Crippen LogP contribution in [0.25, 0.3) is 0 Å². The molecule has 0 saturated heterocycles. The number of halogens is 1. The van der Waals surface area contributed by atoms with Crippen LogP contribution >= 0.6 is 27.5 Å². The van der Waals surface area contributed by atoms with Crippen molar-refractivity contribution in [2.45, 2.75) is 25.8 Å². The minimum Gasteiger partial charge on any atom is -0.383 e. The predicted octanol–water partition coefficient (Wildman–Crippen LogP) is 1.63. The number of methoxy groups -OCH3 is 1. The first-order chi connectivity index (χ1) is 8.22. The van der Waals surface area contributed by atoms with Crippen LogP contribution in [0.3, 0.4) is 0 Å². The Kier molecular flexibility index (Phi) is 6.61. The van der Waals surface area contributed by atoms with Crippen LogP contribution in [0.5, 0.6) is 0 Å². The molecule has 17 heavy (non-hydrogen) atoms. The van der Waals surface area contributed by atoms with E-state index in [1.807, 2.05) is 6.92 Å². The Morgan fingerprint density at radius 2 is 2.41 bits per heavy atom. The molecule has 1 rings (SSSR count). The zero-order chi connectivity index (χ0) is 12.7. The zero-order valence-electron chi connectivity index (χ0n) is 9.90. The van der Waals surface area contributed by atoms with Crippen LogP contribution in [-0.4, -0.2) is 40.6 Å². The summed E-state index contributed by atoms with van der Waals surface area (Å²) >= 11 is 4.49. The number of alkyl halides is 1. The quantitative estimate of drug-likeness (QED) is 0.775. The highest BCUT2D eigenvalue weighted by Crippen LogP contribution is 2.11. The lowest BCUT2D eigenvalue weighted by Crippen LogP contribution is -2.38. The lowest BCUT2D eigenvalue weighted by Gasteiger charge is -2.16. The van der Waals surface area contributed by atoms with Crippen molar-refractivity contribution in [3.63, 3.8) is 0 Å². The maximum atomic E-state index is 12.0. The number of amides is 1. The lowest BCUT2D eigenvalue weighted by atomic mass is 10.2. The molecule has 0 aliphatic carbocycles. The number of hydrogen-bond donors (Lipinski definition) is 1. The fourth-order valence-corrected chi connectivity index (χ4v) is 2.60. The summed E-state index contributed by atoms with van der Waals surface area (Å²) in [7, 11) is 1.62. The molecule has 1 aromatic rings. The highest BCUT2D eigenvalue weighted by molar-refractivity contribution is 9.09. The monoisotopic (exact) mass is 321 g/mol. The van der Waals surface area contributed by atoms with E-state index in [0.29, 0.717) is 17.9 Å². The number of hydrogen-bond acceptors (Lipinski definition) is 5. The normalized spacial score (nSPS) is 12.4. The molecule has 1 atom stereocenters. The molecule has 0 saturated carbocycles. The van der Waals surface area contributed by atoms with Gasteiger partial charge in [-0.3, -0.25) is 4.79 Å². The molecule has 1 unspecified atom stereocenters. The maximum absolute atomic E-state index is 12.0. The van der Waals surface area contributed by atoms with E-state index in [4.69, 9.17) is 4.74 Å². The largest absolute Gasteiger partial charge is 0.383 e. The third-order valence-electron chi connectivity index (χ3n) is 2.26. The first-order valence-corrected chi connectivity index (χ1v) is 7.29. The van der Waals surface area contributed by atoms with Crippen LogP contribution in [0.4, 0.5) is 0 Å². The number of rotatable bonds is 7. The highest BCUT2D eigenvalue weighted by atomic mass is 79.9. The van der Waals surface area contributed by atoms with Crippen LogP contribution in [0.15, 0.2) is 0 Å². The van der Waals surface area contributed by atoms with Gasteiger partial charge >= 0.3 is 0 Å². The molecule has 1 amide bonds. The summed E-state index contributed by atoms with van der Waals surface area (Å²) in [4.78, 5) is 12.6. The summed E-state index contributed by atoms with van der Waals surface area (Å²) in [6.45, 7) is 2.46. The predicted molar refractivity (Wildman–Crippen MR) is 70.8 cm³/mol. The van der Waals surface area contributed by atoms with E-state index in [2.05, 4.69) is 30.8 Å². The van der Waals surface area contributed by atoms with Crippen molar-refractivity contribution in [2.24, 2.45) is 0 Å². The van der Waals surface area contributed by atoms with Crippen LogP contribution in [0.1, 0.15) is 28.7 Å². The van der Waals surface area contributed by atoms with Crippen LogP contribution in [0, 0.1) is 0 Å². The molecule has 0 aliphatic rings. The summed E-state index contributed by atoms with van der Waals surface area (Å²) in [5.41, 5.74) is 0.752. The molecular formula is C10H16BrN3O2S. The smallest absolute Gasteiger partial charge is 0.265 e. The third-order valence-corrected chi connectivity index (χ3v) is 3.48. The van der Waals surface area contributed by atoms with E-state index in [1.54, 1.807) is 7.11 Å². The fraction of sp³-hybridized carbons (Fsp3) is 0.700. The fourth-order valence-electron chi connectivity index (χ4n) is 1.39. The van der Waals surface area contributed by atoms with Gasteiger partial charge in [0, 0.05) is 12.4 Å². The van der Waals surface area contributed by atoms with Gasteiger partial charge in [-0.05, 0) is 24.4 Å². The van der Waals surface area contributed by atoms with Crippen LogP contribution in [-0.2, 0) is 11.2 Å². The molecule has 0 spiro atoms. The second kappa shape index (κ2) is 7.73. The Morgan fingerprint density at radius 1 is 1.65 bits per heavy atom. The SMILES string of the molecule is CCc1nnsc1C(=O)NC(CCBr)COC. The van der Waals surface area contributed by atoms with Gasteiger partial charge in [0.15, 0.2) is 0 Å². The van der Waals surface area contributed by atoms with E-state index in [-0.39, 0.29) is 11.9 Å². The summed E-state index contributed by atoms with van der Waals surface area (Å²) < 4.78 is 8.87. The molecular weight excluding hydrogens is 306 g/mol. The lowest BCUT2D eigenvalue weighted by molar-refractivity contribution is 0.0898. The van der Waals surface area contributed by atoms with Crippen molar-refractivity contribution < 1.29 is 9.53 Å². The molecule has 7 heteroatoms. The number of aromatic nitrogens is 2. The first-order valence-electron chi connectivity index (χ1n) is 5.39. The van der Waals surface area contributed by atoms with Crippen molar-refractivity contribution in [3.05, 3.63) is 10.6 Å². The Balaban J connectivity index is 2.63. The van der Waals surface area contributed by atoms with Gasteiger partial charge in [0.1, 0.15) is 4.88 Å². The van der Waals surface area contributed by atoms with E-state index >= 15 is 0 Å². The van der Waals surface area contributed by atoms with Crippen molar-refractivity contribution in [1.82, 2.24) is 14.9 Å². The Hall–Kier alpha value is -0.530. The summed E-state index contributed by atoms with van der Waals surface area (Å²) in [6, 6.07) is 0.0127. The van der Waals surface area contributed by atoms with Crippen LogP contribution in [0.2, 0.25) is 0 Å². The third kappa shape index (κ3) is 4.33. The minimum absolute atomic E-state index is 0.0127. The molecule has 0 bridgehead atoms. The maximum Gasteiger partial charge on any atom is 0.265 e. The number of carbonyl (C=O) groups excluding carboxylic acids is 1. The van der Waals surface area contributed by atoms with Crippen molar-refractivity contribution in [2.75, 3.05) is 19.0 Å². The molecule has 0 radical (unpaired) electrons. The van der Waals surface area contributed by atoms with Crippen molar-refractivity contribution in [1.29, 1.82) is 0 Å². The van der Waals surface area contributed by atoms with Gasteiger partial charge < -0.3 is 10.1 Å². The molecule has 5 nitrogen and oxygen atoms in total. The summed E-state index contributed by atoms with van der Waals surface area (Å²) in [5, 5.41) is 7.68. The van der Waals surface area contributed by atoms with Crippen molar-refractivity contribution >= 4 is 33.4 Å². The molecule has 1 aromatic heterocycles. The second-order valence-electron chi connectivity index (χ2n) is 3.51. The molecule has 1 heterocycles. The van der Waals surface area contributed by atoms with Gasteiger partial charge in [0.05, 0.1) is 18.3 Å². The average Bonchev–Trinajstić information content (AvgIpc) is 2.77. The molecule has 1 N–H and O–H groups in total. The molecule has 96 valence electrons. The molecule has 0 aliphatic heterocycles. The van der Waals surface area contributed by atoms with Crippen molar-refractivity contribution in [3.8, 4) is 0 Å². The molecule has 0 fully saturated rings. The summed E-state index contributed by atoms with van der Waals surface area (Å²) in [5.74, 6) is -0.111. The van der Waals surface area contributed by atoms with Crippen LogP contribution < -0.4 is 5.32 Å². The standard InChI is InChI=1S/C10H16BrN3O2S/c1-3-8-9(17-14-13-8)10(15)12-7(4-5-11)6-16-2/h7H,3-6H2,1-2H3,(H,12,15). The topological polar surface area (TPSA) is 64.1 Å². The highest BCUT2D eigenvalue weighted by Gasteiger charge is 2.18. The minimum atomic E-state index is -0.111. The van der Waals surface area contributed by atoms with Gasteiger partial charge in [-0.1, -0.05) is 27.3 Å². The van der Waals surface area contributed by atoms with Gasteiger partial charge in [0.2, 0.25) is 0 Å². The van der Waals surface area contributed by atoms with E-state index < -0.39 is 0 Å². The molecule has 0 aromatic carbocycles. The van der Waals surface area contributed by atoms with E-state index in [1.165, 1.54) is 0 Å². The average molecular weight is 322 g/mol. The second-order valence-corrected chi connectivity index (χ2v) is 5.05. The van der Waals surface area contributed by atoms with Gasteiger partial charge in [-0.2, -0.15) is 0 Å². The number of aryl methyl sites for hydroxylation is 1. The van der Waals surface area contributed by atoms with E-state index in [9.17, 15) is 4.79 Å². The Bertz CT molecular complexity index is 353. The number of nitrogens with zero attached hydrogens (tertiary/aromatic N) is 2. The first kappa shape index (κ1) is 14.5. The van der Waals surface area contributed by atoms with E-state index in [0.717, 1.165) is 29.0 Å². The number of nitrogens with one attached hydrogen (secondary N) is 1. The zero-order valence-corrected chi connectivity index (χ0v) is 12.3.